The van der Waals surface area contributed by atoms with Crippen molar-refractivity contribution in [2.45, 2.75) is 57.1 Å². The third-order valence-corrected chi connectivity index (χ3v) is 5.92. The fraction of sp³-hybridized carbons (Fsp3) is 0.688. The number of thioether (sulfide) groups is 1. The molecule has 4 heteroatoms. The van der Waals surface area contributed by atoms with E-state index in [9.17, 15) is 9.90 Å². The largest absolute Gasteiger partial charge is 0.481 e. The first kappa shape index (κ1) is 15.5. The molecule has 1 aromatic heterocycles. The van der Waals surface area contributed by atoms with Gasteiger partial charge in [0.25, 0.3) is 0 Å². The van der Waals surface area contributed by atoms with Crippen LogP contribution in [-0.4, -0.2) is 16.3 Å². The number of furan rings is 1. The highest BCUT2D eigenvalue weighted by Gasteiger charge is 2.39. The van der Waals surface area contributed by atoms with Crippen LogP contribution in [0.25, 0.3) is 0 Å². The van der Waals surface area contributed by atoms with Crippen molar-refractivity contribution in [2.24, 2.45) is 17.3 Å². The van der Waals surface area contributed by atoms with Crippen LogP contribution in [0, 0.1) is 24.2 Å². The van der Waals surface area contributed by atoms with E-state index in [0.29, 0.717) is 5.92 Å². The number of hydrogen-bond acceptors (Lipinski definition) is 3. The normalized spacial score (nSPS) is 27.5. The standard InChI is InChI=1S/C16H24O3S/c1-10-13(7-8-19-10)20-14-9-11(16(2,3)4)5-6-12(14)15(17)18/h7-8,11-12,14H,5-6,9H2,1-4H3,(H,17,18). The van der Waals surface area contributed by atoms with E-state index in [2.05, 4.69) is 20.8 Å². The summed E-state index contributed by atoms with van der Waals surface area (Å²) in [6, 6.07) is 1.94. The molecule has 3 unspecified atom stereocenters. The smallest absolute Gasteiger partial charge is 0.307 e. The average molecular weight is 296 g/mol. The second-order valence-corrected chi connectivity index (χ2v) is 8.10. The van der Waals surface area contributed by atoms with Crippen LogP contribution in [0.3, 0.4) is 0 Å². The van der Waals surface area contributed by atoms with E-state index < -0.39 is 5.97 Å². The van der Waals surface area contributed by atoms with E-state index in [0.717, 1.165) is 29.9 Å². The molecule has 1 fully saturated rings. The quantitative estimate of drug-likeness (QED) is 0.886. The molecule has 1 heterocycles. The Morgan fingerprint density at radius 1 is 1.40 bits per heavy atom. The highest BCUT2D eigenvalue weighted by Crippen LogP contribution is 2.46. The van der Waals surface area contributed by atoms with Crippen molar-refractivity contribution >= 4 is 17.7 Å². The Morgan fingerprint density at radius 2 is 2.10 bits per heavy atom. The number of carboxylic acid groups (broad SMARTS) is 1. The van der Waals surface area contributed by atoms with Crippen LogP contribution in [0.15, 0.2) is 21.6 Å². The molecule has 0 aromatic carbocycles. The molecule has 1 aromatic rings. The molecule has 0 aliphatic heterocycles. The van der Waals surface area contributed by atoms with Crippen LogP contribution in [0.5, 0.6) is 0 Å². The maximum absolute atomic E-state index is 11.5. The molecule has 0 saturated heterocycles. The van der Waals surface area contributed by atoms with Crippen LogP contribution >= 0.6 is 11.8 Å². The van der Waals surface area contributed by atoms with E-state index in [-0.39, 0.29) is 16.6 Å². The lowest BCUT2D eigenvalue weighted by molar-refractivity contribution is -0.143. The number of rotatable bonds is 3. The van der Waals surface area contributed by atoms with Gasteiger partial charge in [-0.1, -0.05) is 20.8 Å². The minimum absolute atomic E-state index is 0.141. The first-order chi connectivity index (χ1) is 9.29. The predicted octanol–water partition coefficient (Wildman–Crippen LogP) is 4.60. The van der Waals surface area contributed by atoms with Crippen molar-refractivity contribution in [3.8, 4) is 0 Å². The van der Waals surface area contributed by atoms with Crippen LogP contribution in [0.1, 0.15) is 45.8 Å². The molecule has 1 N–H and O–H groups in total. The molecular weight excluding hydrogens is 272 g/mol. The van der Waals surface area contributed by atoms with Crippen molar-refractivity contribution in [3.63, 3.8) is 0 Å². The molecular formula is C16H24O3S. The number of carboxylic acids is 1. The lowest BCUT2D eigenvalue weighted by Crippen LogP contribution is -2.37. The summed E-state index contributed by atoms with van der Waals surface area (Å²) in [5.41, 5.74) is 0.244. The Labute approximate surface area is 125 Å². The molecule has 3 nitrogen and oxygen atoms in total. The van der Waals surface area contributed by atoms with Crippen molar-refractivity contribution in [1.82, 2.24) is 0 Å². The molecule has 1 aliphatic carbocycles. The Kier molecular flexibility index (Phi) is 4.52. The zero-order valence-corrected chi connectivity index (χ0v) is 13.5. The van der Waals surface area contributed by atoms with Gasteiger partial charge in [-0.2, -0.15) is 0 Å². The molecule has 112 valence electrons. The van der Waals surface area contributed by atoms with Gasteiger partial charge in [0, 0.05) is 10.1 Å². The maximum atomic E-state index is 11.5. The first-order valence-corrected chi connectivity index (χ1v) is 8.10. The van der Waals surface area contributed by atoms with Gasteiger partial charge in [0.05, 0.1) is 12.2 Å². The minimum atomic E-state index is -0.656. The maximum Gasteiger partial charge on any atom is 0.307 e. The van der Waals surface area contributed by atoms with E-state index >= 15 is 0 Å². The van der Waals surface area contributed by atoms with Crippen molar-refractivity contribution in [1.29, 1.82) is 0 Å². The van der Waals surface area contributed by atoms with Gasteiger partial charge in [-0.05, 0) is 43.6 Å². The predicted molar refractivity (Wildman–Crippen MR) is 81.0 cm³/mol. The van der Waals surface area contributed by atoms with E-state index in [1.54, 1.807) is 18.0 Å². The third kappa shape index (κ3) is 3.40. The Balaban J connectivity index is 2.15. The summed E-state index contributed by atoms with van der Waals surface area (Å²) < 4.78 is 5.33. The van der Waals surface area contributed by atoms with Gasteiger partial charge in [0.2, 0.25) is 0 Å². The van der Waals surface area contributed by atoms with Gasteiger partial charge >= 0.3 is 5.97 Å². The van der Waals surface area contributed by atoms with Gasteiger partial charge in [-0.15, -0.1) is 11.8 Å². The number of carbonyl (C=O) groups is 1. The molecule has 3 atom stereocenters. The van der Waals surface area contributed by atoms with Gasteiger partial charge in [0.15, 0.2) is 0 Å². The molecule has 0 amide bonds. The molecule has 20 heavy (non-hydrogen) atoms. The summed E-state index contributed by atoms with van der Waals surface area (Å²) in [5, 5.41) is 9.60. The zero-order chi connectivity index (χ0) is 14.9. The summed E-state index contributed by atoms with van der Waals surface area (Å²) in [5.74, 6) is 0.573. The van der Waals surface area contributed by atoms with Gasteiger partial charge < -0.3 is 9.52 Å². The molecule has 1 saturated carbocycles. The highest BCUT2D eigenvalue weighted by molar-refractivity contribution is 8.00. The number of aryl methyl sites for hydroxylation is 1. The number of aliphatic carboxylic acids is 1. The monoisotopic (exact) mass is 296 g/mol. The van der Waals surface area contributed by atoms with E-state index in [4.69, 9.17) is 4.42 Å². The molecule has 0 spiro atoms. The summed E-state index contributed by atoms with van der Waals surface area (Å²) >= 11 is 1.68. The summed E-state index contributed by atoms with van der Waals surface area (Å²) in [7, 11) is 0. The fourth-order valence-electron chi connectivity index (χ4n) is 2.99. The highest BCUT2D eigenvalue weighted by atomic mass is 32.2. The van der Waals surface area contributed by atoms with Crippen LogP contribution < -0.4 is 0 Å². The Hall–Kier alpha value is -0.900. The summed E-state index contributed by atoms with van der Waals surface area (Å²) in [6.45, 7) is 8.69. The molecule has 0 radical (unpaired) electrons. The van der Waals surface area contributed by atoms with Gasteiger partial charge in [-0.3, -0.25) is 4.79 Å². The number of hydrogen-bond donors (Lipinski definition) is 1. The summed E-state index contributed by atoms with van der Waals surface area (Å²) in [6.07, 6.45) is 4.45. The van der Waals surface area contributed by atoms with Crippen molar-refractivity contribution < 1.29 is 14.3 Å². The first-order valence-electron chi connectivity index (χ1n) is 7.22. The van der Waals surface area contributed by atoms with Crippen LogP contribution in [0.2, 0.25) is 0 Å². The second-order valence-electron chi connectivity index (χ2n) is 6.82. The second kappa shape index (κ2) is 5.84. The van der Waals surface area contributed by atoms with Crippen LogP contribution in [-0.2, 0) is 4.79 Å². The van der Waals surface area contributed by atoms with Crippen molar-refractivity contribution in [2.75, 3.05) is 0 Å². The molecule has 0 bridgehead atoms. The minimum Gasteiger partial charge on any atom is -0.481 e. The van der Waals surface area contributed by atoms with Crippen molar-refractivity contribution in [3.05, 3.63) is 18.1 Å². The van der Waals surface area contributed by atoms with E-state index in [1.165, 1.54) is 0 Å². The SMILES string of the molecule is Cc1occc1SC1CC(C(C)(C)C)CCC1C(=O)O. The Bertz CT molecular complexity index is 472. The summed E-state index contributed by atoms with van der Waals surface area (Å²) in [4.78, 5) is 12.6. The van der Waals surface area contributed by atoms with Gasteiger partial charge in [-0.25, -0.2) is 0 Å². The lowest BCUT2D eigenvalue weighted by Gasteiger charge is -2.40. The average Bonchev–Trinajstić information content (AvgIpc) is 2.73. The third-order valence-electron chi connectivity index (χ3n) is 4.42. The fourth-order valence-corrected chi connectivity index (χ4v) is 4.41. The lowest BCUT2D eigenvalue weighted by atomic mass is 9.69. The van der Waals surface area contributed by atoms with Crippen LogP contribution in [0.4, 0.5) is 0 Å². The molecule has 1 aliphatic rings. The van der Waals surface area contributed by atoms with E-state index in [1.807, 2.05) is 13.0 Å². The topological polar surface area (TPSA) is 50.4 Å². The Morgan fingerprint density at radius 3 is 2.60 bits per heavy atom. The zero-order valence-electron chi connectivity index (χ0n) is 12.7. The molecule has 2 rings (SSSR count). The van der Waals surface area contributed by atoms with Gasteiger partial charge in [0.1, 0.15) is 5.76 Å².